The molecule has 174 valence electrons. The van der Waals surface area contributed by atoms with Gasteiger partial charge in [-0.05, 0) is 52.0 Å². The first kappa shape index (κ1) is 23.9. The second kappa shape index (κ2) is 8.64. The summed E-state index contributed by atoms with van der Waals surface area (Å²) in [6.07, 6.45) is -2.36. The maximum Gasteiger partial charge on any atom is 0.326 e. The molecule has 0 unspecified atom stereocenters. The Labute approximate surface area is 182 Å². The van der Waals surface area contributed by atoms with Crippen LogP contribution in [-0.2, 0) is 38.5 Å². The molecule has 11 heteroatoms. The lowest BCUT2D eigenvalue weighted by atomic mass is 10.0. The monoisotopic (exact) mass is 459 g/mol. The number of benzene rings is 1. The lowest BCUT2D eigenvalue weighted by Gasteiger charge is -2.28. The van der Waals surface area contributed by atoms with Gasteiger partial charge in [0, 0.05) is 0 Å². The number of carbonyl (C=O) groups excluding carboxylic acids is 1. The highest BCUT2D eigenvalue weighted by Gasteiger charge is 2.54. The van der Waals surface area contributed by atoms with Gasteiger partial charge in [-0.3, -0.25) is 4.79 Å². The van der Waals surface area contributed by atoms with Crippen LogP contribution in [0.2, 0.25) is 0 Å². The minimum atomic E-state index is -4.10. The molecule has 1 aromatic rings. The third kappa shape index (κ3) is 5.36. The van der Waals surface area contributed by atoms with Crippen molar-refractivity contribution in [2.75, 3.05) is 20.8 Å². The molecule has 4 atom stereocenters. The molecule has 0 bridgehead atoms. The Morgan fingerprint density at radius 3 is 2.23 bits per heavy atom. The van der Waals surface area contributed by atoms with E-state index in [0.717, 1.165) is 0 Å². The predicted molar refractivity (Wildman–Crippen MR) is 108 cm³/mol. The predicted octanol–water partition coefficient (Wildman–Crippen LogP) is 1.19. The summed E-state index contributed by atoms with van der Waals surface area (Å²) in [6.45, 7) is 7.06. The number of esters is 1. The fourth-order valence-electron chi connectivity index (χ4n) is 3.61. The molecule has 2 fully saturated rings. The van der Waals surface area contributed by atoms with Crippen molar-refractivity contribution >= 4 is 16.0 Å². The van der Waals surface area contributed by atoms with E-state index in [1.165, 1.54) is 38.5 Å². The van der Waals surface area contributed by atoms with Crippen LogP contribution in [-0.4, -0.2) is 71.1 Å². The standard InChI is InChI=1S/C20H29NO9S/c1-19(2)27-11-14(28-19)16-17(30-20(3,4)29-16)15(18(22)26-6)21-31(23,24)13-9-7-12(25-5)8-10-13/h7-10,14-17,21H,11H2,1-6H3/t14-,15-,16+,17+/m1/s1. The van der Waals surface area contributed by atoms with E-state index in [2.05, 4.69) is 4.72 Å². The van der Waals surface area contributed by atoms with Gasteiger partial charge in [0.25, 0.3) is 0 Å². The molecule has 10 nitrogen and oxygen atoms in total. The molecular weight excluding hydrogens is 430 g/mol. The molecule has 1 N–H and O–H groups in total. The zero-order valence-corrected chi connectivity index (χ0v) is 19.2. The van der Waals surface area contributed by atoms with Gasteiger partial charge < -0.3 is 28.4 Å². The van der Waals surface area contributed by atoms with Crippen LogP contribution in [0.4, 0.5) is 0 Å². The van der Waals surface area contributed by atoms with E-state index in [4.69, 9.17) is 28.4 Å². The van der Waals surface area contributed by atoms with Crippen LogP contribution in [0.3, 0.4) is 0 Å². The summed E-state index contributed by atoms with van der Waals surface area (Å²) in [6, 6.07) is 4.39. The van der Waals surface area contributed by atoms with Crippen LogP contribution in [0.1, 0.15) is 27.7 Å². The number of carbonyl (C=O) groups is 1. The number of methoxy groups -OCH3 is 2. The molecule has 2 aliphatic heterocycles. The first-order valence-electron chi connectivity index (χ1n) is 9.79. The van der Waals surface area contributed by atoms with Crippen molar-refractivity contribution in [1.29, 1.82) is 0 Å². The highest BCUT2D eigenvalue weighted by Crippen LogP contribution is 2.37. The number of ether oxygens (including phenoxy) is 6. The highest BCUT2D eigenvalue weighted by atomic mass is 32.2. The maximum absolute atomic E-state index is 13.0. The van der Waals surface area contributed by atoms with E-state index in [1.54, 1.807) is 27.7 Å². The van der Waals surface area contributed by atoms with Crippen molar-refractivity contribution in [3.05, 3.63) is 24.3 Å². The molecule has 0 radical (unpaired) electrons. The number of hydrogen-bond donors (Lipinski definition) is 1. The van der Waals surface area contributed by atoms with Crippen molar-refractivity contribution < 1.29 is 41.6 Å². The average molecular weight is 460 g/mol. The minimum absolute atomic E-state index is 0.0430. The van der Waals surface area contributed by atoms with Gasteiger partial charge in [0.05, 0.1) is 25.7 Å². The summed E-state index contributed by atoms with van der Waals surface area (Å²) in [7, 11) is -1.45. The van der Waals surface area contributed by atoms with Gasteiger partial charge >= 0.3 is 5.97 Å². The molecule has 0 amide bonds. The highest BCUT2D eigenvalue weighted by molar-refractivity contribution is 7.89. The number of sulfonamides is 1. The fourth-order valence-corrected chi connectivity index (χ4v) is 4.80. The molecular formula is C20H29NO9S. The lowest BCUT2D eigenvalue weighted by molar-refractivity contribution is -0.175. The Kier molecular flexibility index (Phi) is 6.66. The van der Waals surface area contributed by atoms with Gasteiger partial charge in [0.15, 0.2) is 11.6 Å². The molecule has 2 aliphatic rings. The van der Waals surface area contributed by atoms with E-state index in [9.17, 15) is 13.2 Å². The van der Waals surface area contributed by atoms with Crippen molar-refractivity contribution in [1.82, 2.24) is 4.72 Å². The van der Waals surface area contributed by atoms with E-state index >= 15 is 0 Å². The number of hydrogen-bond acceptors (Lipinski definition) is 9. The summed E-state index contributed by atoms with van der Waals surface area (Å²) in [5, 5.41) is 0. The van der Waals surface area contributed by atoms with Gasteiger partial charge in [-0.25, -0.2) is 8.42 Å². The molecule has 2 heterocycles. The summed E-state index contributed by atoms with van der Waals surface area (Å²) in [5.41, 5.74) is 0. The van der Waals surface area contributed by atoms with Crippen molar-refractivity contribution in [3.63, 3.8) is 0 Å². The average Bonchev–Trinajstić information content (AvgIpc) is 3.23. The zero-order chi connectivity index (χ0) is 23.0. The van der Waals surface area contributed by atoms with E-state index in [1.807, 2.05) is 0 Å². The SMILES string of the molecule is COC(=O)[C@H](NS(=O)(=O)c1ccc(OC)cc1)[C@@H]1OC(C)(C)O[C@H]1[C@H]1COC(C)(C)O1. The first-order chi connectivity index (χ1) is 14.4. The largest absolute Gasteiger partial charge is 0.497 e. The third-order valence-electron chi connectivity index (χ3n) is 5.00. The second-order valence-electron chi connectivity index (χ2n) is 8.23. The van der Waals surface area contributed by atoms with Gasteiger partial charge in [-0.15, -0.1) is 0 Å². The topological polar surface area (TPSA) is 119 Å². The summed E-state index contributed by atoms with van der Waals surface area (Å²) in [5.74, 6) is -2.23. The first-order valence-corrected chi connectivity index (χ1v) is 11.3. The van der Waals surface area contributed by atoms with Gasteiger partial charge in [0.2, 0.25) is 10.0 Å². The Morgan fingerprint density at radius 1 is 1.06 bits per heavy atom. The molecule has 0 spiro atoms. The van der Waals surface area contributed by atoms with E-state index in [0.29, 0.717) is 5.75 Å². The minimum Gasteiger partial charge on any atom is -0.497 e. The van der Waals surface area contributed by atoms with Gasteiger partial charge in [0.1, 0.15) is 30.1 Å². The van der Waals surface area contributed by atoms with Gasteiger partial charge in [-0.2, -0.15) is 4.72 Å². The molecule has 31 heavy (non-hydrogen) atoms. The smallest absolute Gasteiger partial charge is 0.326 e. The Morgan fingerprint density at radius 2 is 1.71 bits per heavy atom. The molecule has 0 aliphatic carbocycles. The maximum atomic E-state index is 13.0. The van der Waals surface area contributed by atoms with Crippen LogP contribution < -0.4 is 9.46 Å². The summed E-state index contributed by atoms with van der Waals surface area (Å²) < 4.78 is 61.8. The normalized spacial score (nSPS) is 28.3. The molecule has 1 aromatic carbocycles. The Hall–Kier alpha value is -1.76. The summed E-state index contributed by atoms with van der Waals surface area (Å²) >= 11 is 0. The fraction of sp³-hybridized carbons (Fsp3) is 0.650. The van der Waals surface area contributed by atoms with Crippen molar-refractivity contribution in [3.8, 4) is 5.75 Å². The molecule has 0 saturated carbocycles. The van der Waals surface area contributed by atoms with Crippen LogP contribution in [0.25, 0.3) is 0 Å². The van der Waals surface area contributed by atoms with E-state index in [-0.39, 0.29) is 11.5 Å². The van der Waals surface area contributed by atoms with Crippen molar-refractivity contribution in [2.24, 2.45) is 0 Å². The Balaban J connectivity index is 1.90. The van der Waals surface area contributed by atoms with Gasteiger partial charge in [-0.1, -0.05) is 0 Å². The Bertz CT molecular complexity index is 898. The van der Waals surface area contributed by atoms with Crippen LogP contribution in [0.5, 0.6) is 5.75 Å². The lowest BCUT2D eigenvalue weighted by Crippen LogP contribution is -2.55. The van der Waals surface area contributed by atoms with Crippen LogP contribution >= 0.6 is 0 Å². The number of rotatable bonds is 7. The molecule has 2 saturated heterocycles. The zero-order valence-electron chi connectivity index (χ0n) is 18.4. The van der Waals surface area contributed by atoms with E-state index < -0.39 is 51.9 Å². The molecule has 3 rings (SSSR count). The van der Waals surface area contributed by atoms with Crippen molar-refractivity contribution in [2.45, 2.75) is 68.5 Å². The quantitative estimate of drug-likeness (QED) is 0.600. The number of nitrogens with one attached hydrogen (secondary N) is 1. The molecule has 0 aromatic heterocycles. The van der Waals surface area contributed by atoms with Crippen LogP contribution in [0, 0.1) is 0 Å². The summed E-state index contributed by atoms with van der Waals surface area (Å²) in [4.78, 5) is 12.6. The third-order valence-corrected chi connectivity index (χ3v) is 6.45. The van der Waals surface area contributed by atoms with Crippen LogP contribution in [0.15, 0.2) is 29.2 Å². The second-order valence-corrected chi connectivity index (χ2v) is 9.94.